The van der Waals surface area contributed by atoms with Crippen LogP contribution in [0, 0.1) is 20.8 Å². The molecule has 0 spiro atoms. The molecule has 0 saturated carbocycles. The molecule has 0 aliphatic carbocycles. The summed E-state index contributed by atoms with van der Waals surface area (Å²) >= 11 is 0. The van der Waals surface area contributed by atoms with E-state index in [2.05, 4.69) is 9.97 Å². The molecule has 0 bridgehead atoms. The van der Waals surface area contributed by atoms with Gasteiger partial charge in [-0.05, 0) is 49.6 Å². The van der Waals surface area contributed by atoms with Gasteiger partial charge >= 0.3 is 0 Å². The number of carbonyl (C=O) groups excluding carboxylic acids is 1. The summed E-state index contributed by atoms with van der Waals surface area (Å²) in [6, 6.07) is 5.62. The van der Waals surface area contributed by atoms with Crippen molar-refractivity contribution in [2.75, 3.05) is 0 Å². The highest BCUT2D eigenvalue weighted by molar-refractivity contribution is 6.07. The lowest BCUT2D eigenvalue weighted by Gasteiger charge is -2.07. The predicted molar refractivity (Wildman–Crippen MR) is 66.1 cm³/mol. The third-order valence-electron chi connectivity index (χ3n) is 2.85. The standard InChI is InChI=1S/C14H14N2O/c1-9-7-11(3)12(8-10(9)2)13(17)14-15-5-4-6-16-14/h4-8H,1-3H3. The highest BCUT2D eigenvalue weighted by Gasteiger charge is 2.14. The zero-order valence-electron chi connectivity index (χ0n) is 10.2. The van der Waals surface area contributed by atoms with Crippen LogP contribution in [0.5, 0.6) is 0 Å². The second kappa shape index (κ2) is 4.45. The van der Waals surface area contributed by atoms with Gasteiger partial charge in [-0.3, -0.25) is 4.79 Å². The van der Waals surface area contributed by atoms with Gasteiger partial charge in [-0.2, -0.15) is 0 Å². The Balaban J connectivity index is 2.48. The Morgan fingerprint density at radius 2 is 1.53 bits per heavy atom. The smallest absolute Gasteiger partial charge is 0.230 e. The lowest BCUT2D eigenvalue weighted by molar-refractivity contribution is 0.102. The molecule has 3 nitrogen and oxygen atoms in total. The quantitative estimate of drug-likeness (QED) is 0.739. The number of hydrogen-bond acceptors (Lipinski definition) is 3. The van der Waals surface area contributed by atoms with Gasteiger partial charge < -0.3 is 0 Å². The van der Waals surface area contributed by atoms with Gasteiger partial charge in [-0.1, -0.05) is 6.07 Å². The lowest BCUT2D eigenvalue weighted by Crippen LogP contribution is -2.08. The van der Waals surface area contributed by atoms with Crippen molar-refractivity contribution in [3.05, 3.63) is 58.7 Å². The first kappa shape index (κ1) is 11.5. The van der Waals surface area contributed by atoms with E-state index in [0.29, 0.717) is 5.56 Å². The Morgan fingerprint density at radius 3 is 2.18 bits per heavy atom. The van der Waals surface area contributed by atoms with Crippen LogP contribution in [0.15, 0.2) is 30.6 Å². The largest absolute Gasteiger partial charge is 0.285 e. The van der Waals surface area contributed by atoms with Crippen LogP contribution in [0.25, 0.3) is 0 Å². The Bertz CT molecular complexity index is 562. The van der Waals surface area contributed by atoms with Gasteiger partial charge in [0.15, 0.2) is 0 Å². The number of nitrogens with zero attached hydrogens (tertiary/aromatic N) is 2. The average Bonchev–Trinajstić information content (AvgIpc) is 2.34. The van der Waals surface area contributed by atoms with E-state index in [1.165, 1.54) is 5.56 Å². The molecule has 1 aromatic heterocycles. The van der Waals surface area contributed by atoms with Gasteiger partial charge in [-0.25, -0.2) is 9.97 Å². The van der Waals surface area contributed by atoms with Crippen molar-refractivity contribution in [1.29, 1.82) is 0 Å². The third-order valence-corrected chi connectivity index (χ3v) is 2.85. The molecule has 1 aromatic carbocycles. The van der Waals surface area contributed by atoms with Crippen molar-refractivity contribution < 1.29 is 4.79 Å². The number of rotatable bonds is 2. The molecule has 0 unspecified atom stereocenters. The zero-order valence-corrected chi connectivity index (χ0v) is 10.2. The number of ketones is 1. The maximum atomic E-state index is 12.2. The van der Waals surface area contributed by atoms with Crippen LogP contribution in [-0.4, -0.2) is 15.8 Å². The summed E-state index contributed by atoms with van der Waals surface area (Å²) in [7, 11) is 0. The molecule has 0 atom stereocenters. The Morgan fingerprint density at radius 1 is 0.941 bits per heavy atom. The SMILES string of the molecule is Cc1cc(C)c(C(=O)c2ncccn2)cc1C. The first-order chi connectivity index (χ1) is 8.09. The van der Waals surface area contributed by atoms with Gasteiger partial charge in [-0.15, -0.1) is 0 Å². The van der Waals surface area contributed by atoms with E-state index >= 15 is 0 Å². The molecular weight excluding hydrogens is 212 g/mol. The summed E-state index contributed by atoms with van der Waals surface area (Å²) in [5, 5.41) is 0. The van der Waals surface area contributed by atoms with Crippen LogP contribution in [0.2, 0.25) is 0 Å². The molecule has 2 rings (SSSR count). The molecule has 1 heterocycles. The topological polar surface area (TPSA) is 42.9 Å². The number of benzene rings is 1. The number of aromatic nitrogens is 2. The van der Waals surface area contributed by atoms with Gasteiger partial charge in [0, 0.05) is 18.0 Å². The molecule has 0 N–H and O–H groups in total. The predicted octanol–water partition coefficient (Wildman–Crippen LogP) is 2.63. The first-order valence-electron chi connectivity index (χ1n) is 5.49. The summed E-state index contributed by atoms with van der Waals surface area (Å²) in [4.78, 5) is 20.2. The van der Waals surface area contributed by atoms with E-state index in [1.54, 1.807) is 18.5 Å². The Labute approximate surface area is 101 Å². The van der Waals surface area contributed by atoms with Crippen LogP contribution < -0.4 is 0 Å². The number of aryl methyl sites for hydroxylation is 3. The normalized spacial score (nSPS) is 10.3. The summed E-state index contributed by atoms with van der Waals surface area (Å²) in [5.74, 6) is 0.130. The van der Waals surface area contributed by atoms with Gasteiger partial charge in [0.2, 0.25) is 11.6 Å². The lowest BCUT2D eigenvalue weighted by atomic mass is 9.98. The average molecular weight is 226 g/mol. The molecule has 0 saturated heterocycles. The summed E-state index contributed by atoms with van der Waals surface area (Å²) < 4.78 is 0. The molecule has 0 fully saturated rings. The van der Waals surface area contributed by atoms with E-state index in [1.807, 2.05) is 32.9 Å². The minimum atomic E-state index is -0.119. The molecule has 17 heavy (non-hydrogen) atoms. The van der Waals surface area contributed by atoms with Crippen LogP contribution >= 0.6 is 0 Å². The van der Waals surface area contributed by atoms with Gasteiger partial charge in [0.1, 0.15) is 0 Å². The van der Waals surface area contributed by atoms with Crippen molar-refractivity contribution in [2.24, 2.45) is 0 Å². The molecule has 86 valence electrons. The summed E-state index contributed by atoms with van der Waals surface area (Å²) in [6.07, 6.45) is 3.16. The van der Waals surface area contributed by atoms with Crippen molar-refractivity contribution in [2.45, 2.75) is 20.8 Å². The maximum absolute atomic E-state index is 12.2. The molecule has 2 aromatic rings. The van der Waals surface area contributed by atoms with Crippen molar-refractivity contribution in [1.82, 2.24) is 9.97 Å². The summed E-state index contributed by atoms with van der Waals surface area (Å²) in [6.45, 7) is 5.97. The van der Waals surface area contributed by atoms with E-state index in [4.69, 9.17) is 0 Å². The molecule has 0 amide bonds. The van der Waals surface area contributed by atoms with Crippen molar-refractivity contribution in [3.8, 4) is 0 Å². The van der Waals surface area contributed by atoms with Crippen molar-refractivity contribution in [3.63, 3.8) is 0 Å². The number of hydrogen-bond donors (Lipinski definition) is 0. The third kappa shape index (κ3) is 2.23. The van der Waals surface area contributed by atoms with E-state index in [-0.39, 0.29) is 11.6 Å². The van der Waals surface area contributed by atoms with Crippen molar-refractivity contribution >= 4 is 5.78 Å². The summed E-state index contributed by atoms with van der Waals surface area (Å²) in [5.41, 5.74) is 3.94. The van der Waals surface area contributed by atoms with E-state index < -0.39 is 0 Å². The minimum absolute atomic E-state index is 0.119. The Hall–Kier alpha value is -2.03. The van der Waals surface area contributed by atoms with Crippen LogP contribution in [-0.2, 0) is 0 Å². The second-order valence-corrected chi connectivity index (χ2v) is 4.15. The highest BCUT2D eigenvalue weighted by Crippen LogP contribution is 2.17. The fourth-order valence-corrected chi connectivity index (χ4v) is 1.74. The highest BCUT2D eigenvalue weighted by atomic mass is 16.1. The number of carbonyl (C=O) groups is 1. The minimum Gasteiger partial charge on any atom is -0.285 e. The van der Waals surface area contributed by atoms with Gasteiger partial charge in [0.25, 0.3) is 0 Å². The van der Waals surface area contributed by atoms with E-state index in [9.17, 15) is 4.79 Å². The molecular formula is C14H14N2O. The van der Waals surface area contributed by atoms with Crippen LogP contribution in [0.1, 0.15) is 32.9 Å². The molecule has 0 radical (unpaired) electrons. The van der Waals surface area contributed by atoms with Crippen LogP contribution in [0.4, 0.5) is 0 Å². The van der Waals surface area contributed by atoms with E-state index in [0.717, 1.165) is 11.1 Å². The molecule has 0 aliphatic heterocycles. The maximum Gasteiger partial charge on any atom is 0.230 e. The molecule has 3 heteroatoms. The van der Waals surface area contributed by atoms with Gasteiger partial charge in [0.05, 0.1) is 0 Å². The second-order valence-electron chi connectivity index (χ2n) is 4.15. The fourth-order valence-electron chi connectivity index (χ4n) is 1.74. The first-order valence-corrected chi connectivity index (χ1v) is 5.49. The van der Waals surface area contributed by atoms with Crippen LogP contribution in [0.3, 0.4) is 0 Å². The Kier molecular flexibility index (Phi) is 3.00. The zero-order chi connectivity index (χ0) is 12.4. The molecule has 0 aliphatic rings. The fraction of sp³-hybridized carbons (Fsp3) is 0.214. The monoisotopic (exact) mass is 226 g/mol.